The van der Waals surface area contributed by atoms with Gasteiger partial charge in [0.1, 0.15) is 35.5 Å². The molecular weight excluding hydrogens is 392 g/mol. The minimum Gasteiger partial charge on any atom is -0.486 e. The molecule has 1 atom stereocenters. The van der Waals surface area contributed by atoms with E-state index in [-0.39, 0.29) is 6.10 Å². The van der Waals surface area contributed by atoms with Gasteiger partial charge in [0.05, 0.1) is 24.4 Å². The Morgan fingerprint density at radius 3 is 2.74 bits per heavy atom. The van der Waals surface area contributed by atoms with Crippen LogP contribution < -0.4 is 20.5 Å². The number of nitrogens with two attached hydrogens (primary N) is 1. The highest BCUT2D eigenvalue weighted by molar-refractivity contribution is 5.94. The monoisotopic (exact) mass is 416 g/mol. The molecule has 7 heteroatoms. The number of nitrogens with one attached hydrogen (secondary N) is 1. The van der Waals surface area contributed by atoms with Crippen molar-refractivity contribution in [2.24, 2.45) is 0 Å². The van der Waals surface area contributed by atoms with Gasteiger partial charge in [-0.2, -0.15) is 0 Å². The van der Waals surface area contributed by atoms with Crippen LogP contribution in [0.3, 0.4) is 0 Å². The Morgan fingerprint density at radius 2 is 2.03 bits per heavy atom. The van der Waals surface area contributed by atoms with Gasteiger partial charge in [0, 0.05) is 23.6 Å². The number of anilines is 3. The smallest absolute Gasteiger partial charge is 0.144 e. The highest BCUT2D eigenvalue weighted by Crippen LogP contribution is 2.33. The Labute approximate surface area is 180 Å². The zero-order valence-electron chi connectivity index (χ0n) is 17.1. The summed E-state index contributed by atoms with van der Waals surface area (Å²) in [5, 5.41) is 4.12. The average Bonchev–Trinajstić information content (AvgIpc) is 3.29. The van der Waals surface area contributed by atoms with E-state index in [0.717, 1.165) is 23.0 Å². The summed E-state index contributed by atoms with van der Waals surface area (Å²) in [6.45, 7) is 8.67. The number of nitrogens with zero attached hydrogens (tertiary/aromatic N) is 2. The second-order valence-corrected chi connectivity index (χ2v) is 6.99. The number of ether oxygens (including phenoxy) is 3. The van der Waals surface area contributed by atoms with E-state index in [1.165, 1.54) is 6.33 Å². The predicted molar refractivity (Wildman–Crippen MR) is 123 cm³/mol. The molecule has 2 aromatic carbocycles. The van der Waals surface area contributed by atoms with Gasteiger partial charge in [-0.3, -0.25) is 0 Å². The van der Waals surface area contributed by atoms with Crippen molar-refractivity contribution in [3.63, 3.8) is 0 Å². The molecule has 3 aromatic rings. The summed E-state index contributed by atoms with van der Waals surface area (Å²) in [4.78, 5) is 8.75. The van der Waals surface area contributed by atoms with Crippen LogP contribution >= 0.6 is 0 Å². The first kappa shape index (κ1) is 20.4. The van der Waals surface area contributed by atoms with E-state index in [1.54, 1.807) is 18.2 Å². The lowest BCUT2D eigenvalue weighted by atomic mass is 10.2. The summed E-state index contributed by atoms with van der Waals surface area (Å²) >= 11 is 0. The standard InChI is InChI=1S/C24H24N4O3/c1-3-5-17(4-2)30-18-8-6-16(7-9-18)28-24-20-12-21(25)23(13-22(20)26-15-27-24)31-19-10-11-29-14-19/h3-9,12-13,15,19H,1-2,10-11,14,25H2,(H,26,27,28)/b17-5+. The summed E-state index contributed by atoms with van der Waals surface area (Å²) in [5.41, 5.74) is 8.37. The van der Waals surface area contributed by atoms with Crippen molar-refractivity contribution in [3.05, 3.63) is 79.9 Å². The number of benzene rings is 2. The van der Waals surface area contributed by atoms with E-state index in [9.17, 15) is 0 Å². The van der Waals surface area contributed by atoms with E-state index in [0.29, 0.717) is 42.0 Å². The van der Waals surface area contributed by atoms with Crippen LogP contribution in [0.2, 0.25) is 0 Å². The van der Waals surface area contributed by atoms with Gasteiger partial charge < -0.3 is 25.3 Å². The maximum atomic E-state index is 6.24. The minimum atomic E-state index is 0.0165. The molecular formula is C24H24N4O3. The molecule has 2 heterocycles. The number of hydrogen-bond donors (Lipinski definition) is 2. The Hall–Kier alpha value is -3.84. The minimum absolute atomic E-state index is 0.0165. The van der Waals surface area contributed by atoms with Crippen molar-refractivity contribution in [1.29, 1.82) is 0 Å². The molecule has 0 spiro atoms. The van der Waals surface area contributed by atoms with Crippen LogP contribution in [0.25, 0.3) is 10.9 Å². The predicted octanol–water partition coefficient (Wildman–Crippen LogP) is 4.76. The van der Waals surface area contributed by atoms with Gasteiger partial charge in [0.2, 0.25) is 0 Å². The molecule has 0 saturated carbocycles. The van der Waals surface area contributed by atoms with Crippen LogP contribution in [-0.4, -0.2) is 29.3 Å². The fraction of sp³-hybridized carbons (Fsp3) is 0.167. The molecule has 158 valence electrons. The van der Waals surface area contributed by atoms with Crippen molar-refractivity contribution < 1.29 is 14.2 Å². The first-order valence-electron chi connectivity index (χ1n) is 9.95. The van der Waals surface area contributed by atoms with Crippen LogP contribution in [0, 0.1) is 0 Å². The lowest BCUT2D eigenvalue weighted by Gasteiger charge is -2.15. The molecule has 3 N–H and O–H groups in total. The number of allylic oxidation sites excluding steroid dienone is 3. The molecule has 1 aliphatic heterocycles. The number of nitrogen functional groups attached to an aromatic ring is 1. The van der Waals surface area contributed by atoms with Crippen LogP contribution in [-0.2, 0) is 4.74 Å². The molecule has 0 amide bonds. The summed E-state index contributed by atoms with van der Waals surface area (Å²) in [7, 11) is 0. The number of aromatic nitrogens is 2. The van der Waals surface area contributed by atoms with Crippen molar-refractivity contribution >= 4 is 28.1 Å². The molecule has 0 aliphatic carbocycles. The van der Waals surface area contributed by atoms with E-state index < -0.39 is 0 Å². The first-order valence-corrected chi connectivity index (χ1v) is 9.95. The van der Waals surface area contributed by atoms with Gasteiger partial charge >= 0.3 is 0 Å². The van der Waals surface area contributed by atoms with E-state index in [1.807, 2.05) is 36.4 Å². The molecule has 1 aromatic heterocycles. The molecule has 1 saturated heterocycles. The van der Waals surface area contributed by atoms with E-state index in [4.69, 9.17) is 19.9 Å². The molecule has 1 aliphatic rings. The summed E-state index contributed by atoms with van der Waals surface area (Å²) in [6, 6.07) is 11.2. The quantitative estimate of drug-likeness (QED) is 0.311. The van der Waals surface area contributed by atoms with Gasteiger partial charge in [0.15, 0.2) is 0 Å². The first-order chi connectivity index (χ1) is 15.2. The number of hydrogen-bond acceptors (Lipinski definition) is 7. The van der Waals surface area contributed by atoms with Gasteiger partial charge in [0.25, 0.3) is 0 Å². The van der Waals surface area contributed by atoms with Crippen LogP contribution in [0.5, 0.6) is 11.5 Å². The van der Waals surface area contributed by atoms with E-state index >= 15 is 0 Å². The Balaban J connectivity index is 1.54. The van der Waals surface area contributed by atoms with Gasteiger partial charge in [-0.25, -0.2) is 9.97 Å². The zero-order valence-corrected chi connectivity index (χ0v) is 17.1. The van der Waals surface area contributed by atoms with Crippen LogP contribution in [0.4, 0.5) is 17.2 Å². The normalized spacial score (nSPS) is 16.1. The lowest BCUT2D eigenvalue weighted by Crippen LogP contribution is -2.16. The summed E-state index contributed by atoms with van der Waals surface area (Å²) in [5.74, 6) is 2.57. The van der Waals surface area contributed by atoms with E-state index in [2.05, 4.69) is 28.4 Å². The Kier molecular flexibility index (Phi) is 6.14. The Morgan fingerprint density at radius 1 is 1.19 bits per heavy atom. The van der Waals surface area contributed by atoms with Gasteiger partial charge in [-0.05, 0) is 42.5 Å². The average molecular weight is 416 g/mol. The van der Waals surface area contributed by atoms with Gasteiger partial charge in [-0.1, -0.05) is 19.2 Å². The van der Waals surface area contributed by atoms with Crippen molar-refractivity contribution in [1.82, 2.24) is 9.97 Å². The molecule has 4 rings (SSSR count). The highest BCUT2D eigenvalue weighted by atomic mass is 16.5. The summed E-state index contributed by atoms with van der Waals surface area (Å²) < 4.78 is 17.1. The summed E-state index contributed by atoms with van der Waals surface area (Å²) in [6.07, 6.45) is 7.40. The topological polar surface area (TPSA) is 91.5 Å². The second kappa shape index (κ2) is 9.32. The van der Waals surface area contributed by atoms with Crippen LogP contribution in [0.1, 0.15) is 6.42 Å². The van der Waals surface area contributed by atoms with Crippen molar-refractivity contribution in [2.75, 3.05) is 24.3 Å². The highest BCUT2D eigenvalue weighted by Gasteiger charge is 2.19. The largest absolute Gasteiger partial charge is 0.486 e. The molecule has 1 fully saturated rings. The fourth-order valence-corrected chi connectivity index (χ4v) is 3.23. The number of fused-ring (bicyclic) bond motifs is 1. The second-order valence-electron chi connectivity index (χ2n) is 6.99. The molecule has 7 nitrogen and oxygen atoms in total. The number of rotatable bonds is 8. The molecule has 0 bridgehead atoms. The van der Waals surface area contributed by atoms with Crippen LogP contribution in [0.15, 0.2) is 79.9 Å². The fourth-order valence-electron chi connectivity index (χ4n) is 3.23. The van der Waals surface area contributed by atoms with Crippen molar-refractivity contribution in [2.45, 2.75) is 12.5 Å². The lowest BCUT2D eigenvalue weighted by molar-refractivity contribution is 0.142. The Bertz CT molecular complexity index is 1120. The van der Waals surface area contributed by atoms with Gasteiger partial charge in [-0.15, -0.1) is 0 Å². The SMILES string of the molecule is C=C/C=C(\C=C)Oc1ccc(Nc2ncnc3cc(OC4CCOC4)c(N)cc23)cc1. The molecule has 0 radical (unpaired) electrons. The zero-order chi connectivity index (χ0) is 21.6. The molecule has 1 unspecified atom stereocenters. The van der Waals surface area contributed by atoms with Crippen molar-refractivity contribution in [3.8, 4) is 11.5 Å². The maximum absolute atomic E-state index is 6.24. The third-order valence-corrected chi connectivity index (χ3v) is 4.78. The molecule has 31 heavy (non-hydrogen) atoms. The maximum Gasteiger partial charge on any atom is 0.144 e. The third kappa shape index (κ3) is 4.84. The third-order valence-electron chi connectivity index (χ3n) is 4.78.